The molecule has 2 aliphatic rings. The molecule has 0 saturated carbocycles. The molecule has 3 unspecified atom stereocenters. The van der Waals surface area contributed by atoms with Crippen LogP contribution in [-0.4, -0.2) is 36.9 Å². The summed E-state index contributed by atoms with van der Waals surface area (Å²) in [5.41, 5.74) is 1.02. The zero-order valence-electron chi connectivity index (χ0n) is 11.9. The van der Waals surface area contributed by atoms with Crippen LogP contribution in [0.25, 0.3) is 0 Å². The van der Waals surface area contributed by atoms with Crippen molar-refractivity contribution in [3.05, 3.63) is 29.8 Å². The number of rotatable bonds is 3. The summed E-state index contributed by atoms with van der Waals surface area (Å²) in [6.45, 7) is 6.21. The van der Waals surface area contributed by atoms with E-state index in [0.29, 0.717) is 17.9 Å². The van der Waals surface area contributed by atoms with Crippen molar-refractivity contribution in [2.24, 2.45) is 11.8 Å². The second-order valence-electron chi connectivity index (χ2n) is 5.94. The van der Waals surface area contributed by atoms with Crippen LogP contribution in [0.3, 0.4) is 0 Å². The minimum absolute atomic E-state index is 0.165. The van der Waals surface area contributed by atoms with Crippen molar-refractivity contribution in [1.29, 1.82) is 0 Å². The number of benzene rings is 1. The molecule has 21 heavy (non-hydrogen) atoms. The number of nitrogens with zero attached hydrogens (tertiary/aromatic N) is 1. The number of hydrogen-bond donors (Lipinski definition) is 1. The lowest BCUT2D eigenvalue weighted by Crippen LogP contribution is -2.32. The van der Waals surface area contributed by atoms with E-state index in [1.807, 2.05) is 0 Å². The monoisotopic (exact) mass is 300 g/mol. The molecule has 2 heterocycles. The summed E-state index contributed by atoms with van der Waals surface area (Å²) in [6, 6.07) is 6.69. The highest BCUT2D eigenvalue weighted by molar-refractivity contribution is 5.27. The number of alkyl halides is 3. The molecule has 0 aliphatic carbocycles. The standard InChI is InChI=1S/C15H19F3N2O/c1-10-14-7-19-6-12(14)9-20(10)8-11-2-4-13(5-3-11)21-15(16,17)18/h2-5,10,12,14,19H,6-9H2,1H3. The fraction of sp³-hybridized carbons (Fsp3) is 0.600. The van der Waals surface area contributed by atoms with Crippen molar-refractivity contribution in [1.82, 2.24) is 10.2 Å². The van der Waals surface area contributed by atoms with Crippen molar-refractivity contribution >= 4 is 0 Å². The van der Waals surface area contributed by atoms with Crippen molar-refractivity contribution in [2.75, 3.05) is 19.6 Å². The highest BCUT2D eigenvalue weighted by Gasteiger charge is 2.41. The SMILES string of the molecule is CC1C2CNCC2CN1Cc1ccc(OC(F)(F)F)cc1. The Morgan fingerprint density at radius 3 is 2.57 bits per heavy atom. The number of halogens is 3. The van der Waals surface area contributed by atoms with E-state index in [0.717, 1.165) is 31.7 Å². The van der Waals surface area contributed by atoms with Gasteiger partial charge in [-0.2, -0.15) is 0 Å². The third-order valence-corrected chi connectivity index (χ3v) is 4.60. The molecule has 116 valence electrons. The third-order valence-electron chi connectivity index (χ3n) is 4.60. The van der Waals surface area contributed by atoms with Crippen LogP contribution < -0.4 is 10.1 Å². The predicted molar refractivity (Wildman–Crippen MR) is 72.8 cm³/mol. The molecule has 1 aromatic carbocycles. The van der Waals surface area contributed by atoms with Crippen molar-refractivity contribution in [3.8, 4) is 5.75 Å². The van der Waals surface area contributed by atoms with Gasteiger partial charge in [-0.3, -0.25) is 4.90 Å². The van der Waals surface area contributed by atoms with Gasteiger partial charge in [0, 0.05) is 19.1 Å². The Kier molecular flexibility index (Phi) is 3.84. The Morgan fingerprint density at radius 2 is 1.95 bits per heavy atom. The van der Waals surface area contributed by atoms with Gasteiger partial charge in [-0.05, 0) is 49.5 Å². The Morgan fingerprint density at radius 1 is 1.24 bits per heavy atom. The van der Waals surface area contributed by atoms with E-state index in [-0.39, 0.29) is 5.75 Å². The van der Waals surface area contributed by atoms with Crippen LogP contribution >= 0.6 is 0 Å². The molecule has 2 fully saturated rings. The minimum Gasteiger partial charge on any atom is -0.406 e. The number of fused-ring (bicyclic) bond motifs is 1. The molecule has 3 rings (SSSR count). The first kappa shape index (κ1) is 14.7. The second kappa shape index (κ2) is 5.50. The van der Waals surface area contributed by atoms with E-state index in [4.69, 9.17) is 0 Å². The van der Waals surface area contributed by atoms with Crippen LogP contribution in [0.1, 0.15) is 12.5 Å². The Hall–Kier alpha value is -1.27. The van der Waals surface area contributed by atoms with Gasteiger partial charge in [0.1, 0.15) is 5.75 Å². The number of nitrogens with one attached hydrogen (secondary N) is 1. The van der Waals surface area contributed by atoms with E-state index >= 15 is 0 Å². The van der Waals surface area contributed by atoms with Gasteiger partial charge in [-0.15, -0.1) is 13.2 Å². The molecule has 0 amide bonds. The van der Waals surface area contributed by atoms with E-state index in [1.165, 1.54) is 12.1 Å². The zero-order valence-corrected chi connectivity index (χ0v) is 11.9. The van der Waals surface area contributed by atoms with E-state index < -0.39 is 6.36 Å². The van der Waals surface area contributed by atoms with Crippen molar-refractivity contribution < 1.29 is 17.9 Å². The number of hydrogen-bond acceptors (Lipinski definition) is 3. The van der Waals surface area contributed by atoms with E-state index in [9.17, 15) is 13.2 Å². The van der Waals surface area contributed by atoms with Crippen molar-refractivity contribution in [3.63, 3.8) is 0 Å². The average molecular weight is 300 g/mol. The van der Waals surface area contributed by atoms with Gasteiger partial charge in [-0.25, -0.2) is 0 Å². The number of likely N-dealkylation sites (tertiary alicyclic amines) is 1. The highest BCUT2D eigenvalue weighted by Crippen LogP contribution is 2.33. The third kappa shape index (κ3) is 3.32. The van der Waals surface area contributed by atoms with Gasteiger partial charge in [0.25, 0.3) is 0 Å². The Balaban J connectivity index is 1.61. The summed E-state index contributed by atoms with van der Waals surface area (Å²) in [6.07, 6.45) is -4.63. The normalized spacial score (nSPS) is 29.6. The lowest BCUT2D eigenvalue weighted by atomic mass is 9.95. The molecule has 1 N–H and O–H groups in total. The average Bonchev–Trinajstić information content (AvgIpc) is 2.95. The summed E-state index contributed by atoms with van der Waals surface area (Å²) in [5.74, 6) is 1.23. The summed E-state index contributed by atoms with van der Waals surface area (Å²) >= 11 is 0. The van der Waals surface area contributed by atoms with Crippen LogP contribution in [0.5, 0.6) is 5.75 Å². The molecular formula is C15H19F3N2O. The van der Waals surface area contributed by atoms with Gasteiger partial charge in [-0.1, -0.05) is 12.1 Å². The maximum Gasteiger partial charge on any atom is 0.573 e. The Bertz CT molecular complexity index is 489. The summed E-state index contributed by atoms with van der Waals surface area (Å²) in [4.78, 5) is 2.41. The topological polar surface area (TPSA) is 24.5 Å². The van der Waals surface area contributed by atoms with Gasteiger partial charge in [0.15, 0.2) is 0 Å². The smallest absolute Gasteiger partial charge is 0.406 e. The van der Waals surface area contributed by atoms with Gasteiger partial charge < -0.3 is 10.1 Å². The first-order valence-electron chi connectivity index (χ1n) is 7.22. The molecule has 1 aromatic rings. The second-order valence-corrected chi connectivity index (χ2v) is 5.94. The molecule has 3 nitrogen and oxygen atoms in total. The van der Waals surface area contributed by atoms with Gasteiger partial charge in [0.05, 0.1) is 0 Å². The van der Waals surface area contributed by atoms with Gasteiger partial charge >= 0.3 is 6.36 Å². The van der Waals surface area contributed by atoms with Crippen LogP contribution in [-0.2, 0) is 6.54 Å². The van der Waals surface area contributed by atoms with Crippen LogP contribution in [0.4, 0.5) is 13.2 Å². The molecule has 2 saturated heterocycles. The molecule has 3 atom stereocenters. The predicted octanol–water partition coefficient (Wildman–Crippen LogP) is 2.62. The lowest BCUT2D eigenvalue weighted by Gasteiger charge is -2.24. The largest absolute Gasteiger partial charge is 0.573 e. The van der Waals surface area contributed by atoms with Gasteiger partial charge in [0.2, 0.25) is 0 Å². The molecular weight excluding hydrogens is 281 g/mol. The first-order chi connectivity index (χ1) is 9.92. The Labute approximate surface area is 122 Å². The van der Waals surface area contributed by atoms with E-state index in [1.54, 1.807) is 12.1 Å². The molecule has 6 heteroatoms. The van der Waals surface area contributed by atoms with Crippen LogP contribution in [0.15, 0.2) is 24.3 Å². The number of ether oxygens (including phenoxy) is 1. The fourth-order valence-electron chi connectivity index (χ4n) is 3.50. The maximum atomic E-state index is 12.1. The summed E-state index contributed by atoms with van der Waals surface area (Å²) < 4.78 is 40.2. The highest BCUT2D eigenvalue weighted by atomic mass is 19.4. The van der Waals surface area contributed by atoms with Crippen LogP contribution in [0, 0.1) is 11.8 Å². The molecule has 2 aliphatic heterocycles. The minimum atomic E-state index is -4.63. The molecule has 0 radical (unpaired) electrons. The maximum absolute atomic E-state index is 12.1. The van der Waals surface area contributed by atoms with Crippen LogP contribution in [0.2, 0.25) is 0 Å². The molecule has 0 aromatic heterocycles. The fourth-order valence-corrected chi connectivity index (χ4v) is 3.50. The summed E-state index contributed by atoms with van der Waals surface area (Å²) in [7, 11) is 0. The lowest BCUT2D eigenvalue weighted by molar-refractivity contribution is -0.274. The zero-order chi connectivity index (χ0) is 15.0. The molecule has 0 bridgehead atoms. The quantitative estimate of drug-likeness (QED) is 0.929. The molecule has 0 spiro atoms. The van der Waals surface area contributed by atoms with E-state index in [2.05, 4.69) is 21.9 Å². The summed E-state index contributed by atoms with van der Waals surface area (Å²) in [5, 5.41) is 3.42. The first-order valence-corrected chi connectivity index (χ1v) is 7.22. The van der Waals surface area contributed by atoms with Crippen molar-refractivity contribution in [2.45, 2.75) is 25.9 Å².